The Morgan fingerprint density at radius 1 is 1.55 bits per heavy atom. The van der Waals surface area contributed by atoms with E-state index in [-0.39, 0.29) is 0 Å². The van der Waals surface area contributed by atoms with Crippen LogP contribution in [-0.2, 0) is 0 Å². The molecule has 0 amide bonds. The average molecular weight is 172 g/mol. The molecule has 1 unspecified atom stereocenters. The van der Waals surface area contributed by atoms with Gasteiger partial charge in [-0.2, -0.15) is 0 Å². The Balaban J connectivity index is 3.08. The first-order valence-electron chi connectivity index (χ1n) is 3.42. The zero-order valence-corrected chi connectivity index (χ0v) is 7.26. The van der Waals surface area contributed by atoms with Gasteiger partial charge >= 0.3 is 0 Å². The van der Waals surface area contributed by atoms with E-state index < -0.39 is 6.10 Å². The number of hydrogen-bond acceptors (Lipinski definition) is 2. The molecule has 0 fully saturated rings. The van der Waals surface area contributed by atoms with Gasteiger partial charge in [-0.15, -0.1) is 0 Å². The third-order valence-electron chi connectivity index (χ3n) is 1.43. The fourth-order valence-electron chi connectivity index (χ4n) is 0.895. The molecule has 0 aliphatic rings. The van der Waals surface area contributed by atoms with Crippen LogP contribution in [0.25, 0.3) is 0 Å². The lowest BCUT2D eigenvalue weighted by atomic mass is 10.1. The van der Waals surface area contributed by atoms with Crippen molar-refractivity contribution in [2.75, 3.05) is 0 Å². The molecule has 2 nitrogen and oxygen atoms in total. The van der Waals surface area contributed by atoms with E-state index >= 15 is 0 Å². The minimum absolute atomic E-state index is 0.431. The highest BCUT2D eigenvalue weighted by Crippen LogP contribution is 2.16. The predicted octanol–water partition coefficient (Wildman–Crippen LogP) is 2.10. The van der Waals surface area contributed by atoms with Crippen molar-refractivity contribution in [1.29, 1.82) is 0 Å². The van der Waals surface area contributed by atoms with Crippen LogP contribution in [0.1, 0.15) is 24.3 Å². The summed E-state index contributed by atoms with van der Waals surface area (Å²) in [6.07, 6.45) is -0.478. The summed E-state index contributed by atoms with van der Waals surface area (Å²) in [5.41, 5.74) is 1.64. The van der Waals surface area contributed by atoms with Crippen molar-refractivity contribution >= 4 is 11.6 Å². The Bertz CT molecular complexity index is 240. The molecule has 0 saturated carbocycles. The topological polar surface area (TPSA) is 33.1 Å². The van der Waals surface area contributed by atoms with Crippen molar-refractivity contribution in [3.8, 4) is 0 Å². The van der Waals surface area contributed by atoms with E-state index in [1.54, 1.807) is 13.0 Å². The lowest BCUT2D eigenvalue weighted by Gasteiger charge is -2.04. The van der Waals surface area contributed by atoms with Crippen LogP contribution in [0.5, 0.6) is 0 Å². The molecule has 1 rings (SSSR count). The number of aliphatic hydroxyl groups excluding tert-OH is 1. The number of aliphatic hydroxyl groups is 1. The molecule has 1 heterocycles. The molecule has 1 atom stereocenters. The molecule has 0 saturated heterocycles. The summed E-state index contributed by atoms with van der Waals surface area (Å²) in [6.45, 7) is 3.54. The standard InChI is InChI=1S/C8H10ClNO/c1-5-3-7(6(2)11)4-8(9)10-5/h3-4,6,11H,1-2H3. The zero-order valence-electron chi connectivity index (χ0n) is 6.50. The Hall–Kier alpha value is -0.600. The van der Waals surface area contributed by atoms with Crippen LogP contribution in [0.2, 0.25) is 5.15 Å². The number of aromatic nitrogens is 1. The number of hydrogen-bond donors (Lipinski definition) is 1. The van der Waals surface area contributed by atoms with Gasteiger partial charge in [0.1, 0.15) is 5.15 Å². The summed E-state index contributed by atoms with van der Waals surface area (Å²) in [6, 6.07) is 3.48. The van der Waals surface area contributed by atoms with Crippen LogP contribution >= 0.6 is 11.6 Å². The van der Waals surface area contributed by atoms with E-state index in [9.17, 15) is 5.11 Å². The lowest BCUT2D eigenvalue weighted by molar-refractivity contribution is 0.199. The highest BCUT2D eigenvalue weighted by atomic mass is 35.5. The van der Waals surface area contributed by atoms with Gasteiger partial charge in [0, 0.05) is 5.69 Å². The molecule has 0 spiro atoms. The number of pyridine rings is 1. The van der Waals surface area contributed by atoms with Crippen molar-refractivity contribution in [2.45, 2.75) is 20.0 Å². The molecule has 0 radical (unpaired) electrons. The normalized spacial score (nSPS) is 13.1. The Kier molecular flexibility index (Phi) is 2.47. The van der Waals surface area contributed by atoms with Gasteiger partial charge < -0.3 is 5.11 Å². The monoisotopic (exact) mass is 171 g/mol. The van der Waals surface area contributed by atoms with E-state index in [1.165, 1.54) is 0 Å². The van der Waals surface area contributed by atoms with E-state index in [1.807, 2.05) is 13.0 Å². The molecule has 1 aromatic heterocycles. The SMILES string of the molecule is Cc1cc(C(C)O)cc(Cl)n1. The molecule has 0 aliphatic heterocycles. The molecule has 1 N–H and O–H groups in total. The van der Waals surface area contributed by atoms with Crippen molar-refractivity contribution in [3.63, 3.8) is 0 Å². The fourth-order valence-corrected chi connectivity index (χ4v) is 1.15. The number of aryl methyl sites for hydroxylation is 1. The van der Waals surface area contributed by atoms with E-state index in [4.69, 9.17) is 11.6 Å². The highest BCUT2D eigenvalue weighted by molar-refractivity contribution is 6.29. The first kappa shape index (κ1) is 8.50. The molecule has 60 valence electrons. The lowest BCUT2D eigenvalue weighted by Crippen LogP contribution is -1.93. The third kappa shape index (κ3) is 2.17. The summed E-state index contributed by atoms with van der Waals surface area (Å²) in [7, 11) is 0. The smallest absolute Gasteiger partial charge is 0.129 e. The maximum Gasteiger partial charge on any atom is 0.129 e. The van der Waals surface area contributed by atoms with Gasteiger partial charge in [-0.25, -0.2) is 4.98 Å². The van der Waals surface area contributed by atoms with E-state index in [0.29, 0.717) is 5.15 Å². The zero-order chi connectivity index (χ0) is 8.43. The van der Waals surface area contributed by atoms with Gasteiger partial charge in [-0.05, 0) is 31.5 Å². The van der Waals surface area contributed by atoms with Crippen molar-refractivity contribution in [1.82, 2.24) is 4.98 Å². The van der Waals surface area contributed by atoms with Gasteiger partial charge in [0.2, 0.25) is 0 Å². The van der Waals surface area contributed by atoms with E-state index in [2.05, 4.69) is 4.98 Å². The molecule has 11 heavy (non-hydrogen) atoms. The second kappa shape index (κ2) is 3.20. The van der Waals surface area contributed by atoms with Crippen molar-refractivity contribution < 1.29 is 5.11 Å². The van der Waals surface area contributed by atoms with Crippen molar-refractivity contribution in [2.24, 2.45) is 0 Å². The molecule has 0 aromatic carbocycles. The number of nitrogens with zero attached hydrogens (tertiary/aromatic N) is 1. The fraction of sp³-hybridized carbons (Fsp3) is 0.375. The summed E-state index contributed by atoms with van der Waals surface area (Å²) < 4.78 is 0. The minimum atomic E-state index is -0.478. The Labute approximate surface area is 70.8 Å². The summed E-state index contributed by atoms with van der Waals surface area (Å²) in [5.74, 6) is 0. The predicted molar refractivity (Wildman–Crippen MR) is 44.6 cm³/mol. The largest absolute Gasteiger partial charge is 0.389 e. The highest BCUT2D eigenvalue weighted by Gasteiger charge is 2.02. The van der Waals surface area contributed by atoms with Crippen LogP contribution < -0.4 is 0 Å². The molecular formula is C8H10ClNO. The van der Waals surface area contributed by atoms with Crippen LogP contribution in [0.15, 0.2) is 12.1 Å². The van der Waals surface area contributed by atoms with Gasteiger partial charge in [-0.3, -0.25) is 0 Å². The number of halogens is 1. The first-order chi connectivity index (χ1) is 5.09. The minimum Gasteiger partial charge on any atom is -0.389 e. The van der Waals surface area contributed by atoms with E-state index in [0.717, 1.165) is 11.3 Å². The quantitative estimate of drug-likeness (QED) is 0.657. The first-order valence-corrected chi connectivity index (χ1v) is 3.79. The van der Waals surface area contributed by atoms with Gasteiger partial charge in [0.05, 0.1) is 6.10 Å². The number of rotatable bonds is 1. The van der Waals surface area contributed by atoms with Crippen molar-refractivity contribution in [3.05, 3.63) is 28.5 Å². The van der Waals surface area contributed by atoms with Gasteiger partial charge in [0.15, 0.2) is 0 Å². The molecular weight excluding hydrogens is 162 g/mol. The Morgan fingerprint density at radius 3 is 2.64 bits per heavy atom. The second-order valence-electron chi connectivity index (χ2n) is 2.54. The van der Waals surface area contributed by atoms with Crippen LogP contribution in [0.4, 0.5) is 0 Å². The summed E-state index contributed by atoms with van der Waals surface area (Å²) in [5, 5.41) is 9.62. The van der Waals surface area contributed by atoms with Crippen LogP contribution in [-0.4, -0.2) is 10.1 Å². The maximum atomic E-state index is 9.19. The average Bonchev–Trinajstić information content (AvgIpc) is 1.85. The molecule has 1 aromatic rings. The van der Waals surface area contributed by atoms with Crippen LogP contribution in [0.3, 0.4) is 0 Å². The van der Waals surface area contributed by atoms with Gasteiger partial charge in [0.25, 0.3) is 0 Å². The molecule has 3 heteroatoms. The summed E-state index contributed by atoms with van der Waals surface area (Å²) >= 11 is 5.67. The second-order valence-corrected chi connectivity index (χ2v) is 2.93. The molecule has 0 aliphatic carbocycles. The maximum absolute atomic E-state index is 9.19. The third-order valence-corrected chi connectivity index (χ3v) is 1.62. The van der Waals surface area contributed by atoms with Gasteiger partial charge in [-0.1, -0.05) is 11.6 Å². The molecule has 0 bridgehead atoms. The Morgan fingerprint density at radius 2 is 2.18 bits per heavy atom. The summed E-state index contributed by atoms with van der Waals surface area (Å²) in [4.78, 5) is 3.97. The van der Waals surface area contributed by atoms with Crippen LogP contribution in [0, 0.1) is 6.92 Å².